The number of halogens is 1. The third-order valence-corrected chi connectivity index (χ3v) is 2.58. The van der Waals surface area contributed by atoms with Crippen LogP contribution >= 0.6 is 24.0 Å². The minimum atomic E-state index is -0.140. The van der Waals surface area contributed by atoms with Crippen molar-refractivity contribution in [1.82, 2.24) is 15.0 Å². The molecule has 0 aliphatic carbocycles. The van der Waals surface area contributed by atoms with Crippen molar-refractivity contribution in [3.8, 4) is 0 Å². The highest BCUT2D eigenvalue weighted by Gasteiger charge is 2.21. The molecule has 0 spiro atoms. The molecule has 0 saturated heterocycles. The average molecular weight is 381 g/mol. The van der Waals surface area contributed by atoms with Crippen LogP contribution in [-0.4, -0.2) is 34.1 Å². The van der Waals surface area contributed by atoms with Gasteiger partial charge in [-0.05, 0) is 13.8 Å². The number of aliphatic imine (C=N–C) groups is 1. The van der Waals surface area contributed by atoms with Gasteiger partial charge in [0.05, 0.1) is 0 Å². The summed E-state index contributed by atoms with van der Waals surface area (Å²) >= 11 is 0. The molecule has 0 atom stereocenters. The standard InChI is InChI=1S/C12H23N5O.HI/c1-6-17(7-2)11(13)14-8-9-15-10(18-16-9)12(3,4)5;/h6-8H2,1-5H3,(H2,13,14);1H. The number of nitrogens with zero attached hydrogens (tertiary/aromatic N) is 4. The zero-order chi connectivity index (χ0) is 13.8. The molecule has 0 bridgehead atoms. The van der Waals surface area contributed by atoms with Gasteiger partial charge in [0.15, 0.2) is 11.8 Å². The maximum atomic E-state index is 5.87. The van der Waals surface area contributed by atoms with Crippen molar-refractivity contribution in [2.24, 2.45) is 10.7 Å². The zero-order valence-electron chi connectivity index (χ0n) is 12.3. The van der Waals surface area contributed by atoms with Crippen molar-refractivity contribution < 1.29 is 4.52 Å². The fraction of sp³-hybridized carbons (Fsp3) is 0.750. The molecular weight excluding hydrogens is 357 g/mol. The van der Waals surface area contributed by atoms with Gasteiger partial charge >= 0.3 is 0 Å². The van der Waals surface area contributed by atoms with E-state index in [1.807, 2.05) is 39.5 Å². The van der Waals surface area contributed by atoms with Crippen LogP contribution in [0.1, 0.15) is 46.3 Å². The van der Waals surface area contributed by atoms with Crippen molar-refractivity contribution >= 4 is 29.9 Å². The van der Waals surface area contributed by atoms with Crippen LogP contribution in [0.3, 0.4) is 0 Å². The molecule has 110 valence electrons. The van der Waals surface area contributed by atoms with Gasteiger partial charge in [-0.3, -0.25) is 0 Å². The van der Waals surface area contributed by atoms with Gasteiger partial charge in [0, 0.05) is 18.5 Å². The lowest BCUT2D eigenvalue weighted by Gasteiger charge is -2.18. The van der Waals surface area contributed by atoms with Crippen molar-refractivity contribution in [3.63, 3.8) is 0 Å². The number of hydrogen-bond donors (Lipinski definition) is 1. The van der Waals surface area contributed by atoms with Gasteiger partial charge in [0.1, 0.15) is 6.54 Å². The molecule has 0 radical (unpaired) electrons. The van der Waals surface area contributed by atoms with E-state index in [2.05, 4.69) is 15.1 Å². The number of nitrogens with two attached hydrogens (primary N) is 1. The summed E-state index contributed by atoms with van der Waals surface area (Å²) in [5.41, 5.74) is 5.73. The van der Waals surface area contributed by atoms with E-state index in [0.717, 1.165) is 13.1 Å². The monoisotopic (exact) mass is 381 g/mol. The first-order valence-corrected chi connectivity index (χ1v) is 6.26. The van der Waals surface area contributed by atoms with Crippen LogP contribution in [0, 0.1) is 0 Å². The van der Waals surface area contributed by atoms with E-state index in [-0.39, 0.29) is 29.4 Å². The van der Waals surface area contributed by atoms with E-state index < -0.39 is 0 Å². The Bertz CT molecular complexity index is 406. The van der Waals surface area contributed by atoms with Gasteiger partial charge < -0.3 is 15.2 Å². The summed E-state index contributed by atoms with van der Waals surface area (Å²) in [6, 6.07) is 0. The summed E-state index contributed by atoms with van der Waals surface area (Å²) in [5.74, 6) is 1.70. The van der Waals surface area contributed by atoms with Gasteiger partial charge in [-0.15, -0.1) is 24.0 Å². The molecule has 0 aromatic carbocycles. The Morgan fingerprint density at radius 3 is 2.32 bits per heavy atom. The average Bonchev–Trinajstić information content (AvgIpc) is 2.76. The summed E-state index contributed by atoms with van der Waals surface area (Å²) in [7, 11) is 0. The minimum absolute atomic E-state index is 0. The second-order valence-corrected chi connectivity index (χ2v) is 5.11. The van der Waals surface area contributed by atoms with Crippen LogP contribution in [-0.2, 0) is 12.0 Å². The molecule has 1 rings (SSSR count). The van der Waals surface area contributed by atoms with Crippen LogP contribution in [0.25, 0.3) is 0 Å². The van der Waals surface area contributed by atoms with Crippen molar-refractivity contribution in [2.45, 2.75) is 46.6 Å². The first kappa shape index (κ1) is 18.1. The third kappa shape index (κ3) is 5.33. The second-order valence-electron chi connectivity index (χ2n) is 5.11. The van der Waals surface area contributed by atoms with Crippen LogP contribution in [0.4, 0.5) is 0 Å². The molecule has 0 aliphatic heterocycles. The lowest BCUT2D eigenvalue weighted by atomic mass is 9.97. The number of guanidine groups is 1. The molecule has 1 aromatic heterocycles. The Labute approximate surface area is 131 Å². The number of aromatic nitrogens is 2. The molecule has 1 aromatic rings. The highest BCUT2D eigenvalue weighted by atomic mass is 127. The summed E-state index contributed by atoms with van der Waals surface area (Å²) in [5, 5.41) is 3.90. The SMILES string of the molecule is CCN(CC)C(N)=NCc1noc(C(C)(C)C)n1.I. The Balaban J connectivity index is 0.00000324. The maximum Gasteiger partial charge on any atom is 0.232 e. The summed E-state index contributed by atoms with van der Waals surface area (Å²) in [4.78, 5) is 10.5. The lowest BCUT2D eigenvalue weighted by molar-refractivity contribution is 0.318. The quantitative estimate of drug-likeness (QED) is 0.491. The molecule has 1 heterocycles. The second kappa shape index (κ2) is 7.66. The molecule has 0 aliphatic rings. The highest BCUT2D eigenvalue weighted by Crippen LogP contribution is 2.19. The minimum Gasteiger partial charge on any atom is -0.370 e. The predicted octanol–water partition coefficient (Wildman–Crippen LogP) is 2.14. The molecule has 0 saturated carbocycles. The Morgan fingerprint density at radius 2 is 1.89 bits per heavy atom. The van der Waals surface area contributed by atoms with Crippen molar-refractivity contribution in [3.05, 3.63) is 11.7 Å². The molecule has 6 nitrogen and oxygen atoms in total. The Kier molecular flexibility index (Phi) is 7.32. The molecule has 0 fully saturated rings. The summed E-state index contributed by atoms with van der Waals surface area (Å²) < 4.78 is 5.19. The van der Waals surface area contributed by atoms with E-state index in [1.165, 1.54) is 0 Å². The van der Waals surface area contributed by atoms with E-state index >= 15 is 0 Å². The van der Waals surface area contributed by atoms with Gasteiger partial charge in [0.25, 0.3) is 0 Å². The van der Waals surface area contributed by atoms with E-state index in [9.17, 15) is 0 Å². The smallest absolute Gasteiger partial charge is 0.232 e. The normalized spacial score (nSPS) is 12.2. The van der Waals surface area contributed by atoms with E-state index in [4.69, 9.17) is 10.3 Å². The first-order chi connectivity index (χ1) is 8.38. The van der Waals surface area contributed by atoms with E-state index in [1.54, 1.807) is 0 Å². The van der Waals surface area contributed by atoms with Crippen molar-refractivity contribution in [2.75, 3.05) is 13.1 Å². The zero-order valence-corrected chi connectivity index (χ0v) is 14.6. The van der Waals surface area contributed by atoms with Gasteiger partial charge in [0.2, 0.25) is 5.89 Å². The van der Waals surface area contributed by atoms with Crippen LogP contribution in [0.2, 0.25) is 0 Å². The number of hydrogen-bond acceptors (Lipinski definition) is 4. The van der Waals surface area contributed by atoms with Crippen LogP contribution in [0.15, 0.2) is 9.52 Å². The van der Waals surface area contributed by atoms with Gasteiger partial charge in [-0.25, -0.2) is 4.99 Å². The summed E-state index contributed by atoms with van der Waals surface area (Å²) in [6.45, 7) is 12.2. The van der Waals surface area contributed by atoms with Gasteiger partial charge in [-0.1, -0.05) is 25.9 Å². The fourth-order valence-corrected chi connectivity index (χ4v) is 1.42. The largest absolute Gasteiger partial charge is 0.370 e. The maximum absolute atomic E-state index is 5.87. The van der Waals surface area contributed by atoms with Gasteiger partial charge in [-0.2, -0.15) is 4.98 Å². The molecular formula is C12H24IN5O. The van der Waals surface area contributed by atoms with Crippen LogP contribution < -0.4 is 5.73 Å². The highest BCUT2D eigenvalue weighted by molar-refractivity contribution is 14.0. The summed E-state index contributed by atoms with van der Waals surface area (Å²) in [6.07, 6.45) is 0. The molecule has 7 heteroatoms. The molecule has 19 heavy (non-hydrogen) atoms. The van der Waals surface area contributed by atoms with Crippen molar-refractivity contribution in [1.29, 1.82) is 0 Å². The Hall–Kier alpha value is -0.860. The number of rotatable bonds is 4. The third-order valence-electron chi connectivity index (χ3n) is 2.58. The van der Waals surface area contributed by atoms with E-state index in [0.29, 0.717) is 24.2 Å². The first-order valence-electron chi connectivity index (χ1n) is 6.26. The molecule has 0 amide bonds. The molecule has 2 N–H and O–H groups in total. The Morgan fingerprint density at radius 1 is 1.32 bits per heavy atom. The predicted molar refractivity (Wildman–Crippen MR) is 86.7 cm³/mol. The lowest BCUT2D eigenvalue weighted by Crippen LogP contribution is -2.37. The molecule has 0 unspecified atom stereocenters. The fourth-order valence-electron chi connectivity index (χ4n) is 1.42. The topological polar surface area (TPSA) is 80.5 Å². The van der Waals surface area contributed by atoms with Crippen LogP contribution in [0.5, 0.6) is 0 Å².